The fourth-order valence-electron chi connectivity index (χ4n) is 5.31. The maximum absolute atomic E-state index is 14.1. The van der Waals surface area contributed by atoms with Crippen molar-refractivity contribution in [1.29, 1.82) is 0 Å². The highest BCUT2D eigenvalue weighted by atomic mass is 16.6. The van der Waals surface area contributed by atoms with Crippen LogP contribution in [0.3, 0.4) is 0 Å². The summed E-state index contributed by atoms with van der Waals surface area (Å²) in [6.45, 7) is 6.47. The highest BCUT2D eigenvalue weighted by Crippen LogP contribution is 2.31. The molecule has 222 valence electrons. The van der Waals surface area contributed by atoms with Crippen LogP contribution in [0.15, 0.2) is 30.3 Å². The average molecular weight is 561 g/mol. The Morgan fingerprint density at radius 2 is 1.70 bits per heavy atom. The molecule has 2 saturated heterocycles. The number of benzene rings is 1. The number of hydrogen-bond acceptors (Lipinski definition) is 7. The van der Waals surface area contributed by atoms with Gasteiger partial charge in [-0.25, -0.2) is 14.4 Å². The van der Waals surface area contributed by atoms with E-state index in [0.29, 0.717) is 13.0 Å². The third-order valence-electron chi connectivity index (χ3n) is 7.23. The van der Waals surface area contributed by atoms with Crippen LogP contribution in [0.1, 0.15) is 52.0 Å². The molecule has 2 aliphatic heterocycles. The summed E-state index contributed by atoms with van der Waals surface area (Å²) in [5, 5.41) is 10.1. The summed E-state index contributed by atoms with van der Waals surface area (Å²) >= 11 is 0. The van der Waals surface area contributed by atoms with Crippen molar-refractivity contribution < 1.29 is 33.8 Å². The van der Waals surface area contributed by atoms with Crippen molar-refractivity contribution in [3.05, 3.63) is 35.9 Å². The molecule has 0 aliphatic carbocycles. The summed E-state index contributed by atoms with van der Waals surface area (Å²) in [5.74, 6) is -1.76. The Hall–Kier alpha value is -3.34. The number of nitrogens with zero attached hydrogens (tertiary/aromatic N) is 4. The van der Waals surface area contributed by atoms with Gasteiger partial charge in [-0.2, -0.15) is 0 Å². The Labute approximate surface area is 237 Å². The lowest BCUT2D eigenvalue weighted by atomic mass is 9.84. The second-order valence-electron chi connectivity index (χ2n) is 11.8. The summed E-state index contributed by atoms with van der Waals surface area (Å²) in [7, 11) is 3.97. The number of carbonyl (C=O) groups excluding carboxylic acids is 3. The van der Waals surface area contributed by atoms with Gasteiger partial charge in [-0.3, -0.25) is 9.69 Å². The molecule has 11 heteroatoms. The first-order valence-corrected chi connectivity index (χ1v) is 14.0. The van der Waals surface area contributed by atoms with Crippen LogP contribution < -0.4 is 0 Å². The van der Waals surface area contributed by atoms with Crippen LogP contribution in [-0.2, 0) is 25.7 Å². The third-order valence-corrected chi connectivity index (χ3v) is 7.23. The Bertz CT molecular complexity index is 1030. The molecule has 2 heterocycles. The van der Waals surface area contributed by atoms with Crippen LogP contribution in [0, 0.1) is 5.92 Å². The van der Waals surface area contributed by atoms with Crippen LogP contribution >= 0.6 is 0 Å². The van der Waals surface area contributed by atoms with Gasteiger partial charge in [0, 0.05) is 19.6 Å². The second-order valence-corrected chi connectivity index (χ2v) is 11.8. The summed E-state index contributed by atoms with van der Waals surface area (Å²) in [6.07, 6.45) is 1.83. The summed E-state index contributed by atoms with van der Waals surface area (Å²) < 4.78 is 11.0. The van der Waals surface area contributed by atoms with Gasteiger partial charge in [0.15, 0.2) is 0 Å². The normalized spacial score (nSPS) is 21.8. The average Bonchev–Trinajstić information content (AvgIpc) is 2.90. The maximum Gasteiger partial charge on any atom is 0.410 e. The summed E-state index contributed by atoms with van der Waals surface area (Å²) in [5.41, 5.74) is 0.105. The Kier molecular flexibility index (Phi) is 10.8. The van der Waals surface area contributed by atoms with Gasteiger partial charge in [0.1, 0.15) is 24.3 Å². The number of ether oxygens (including phenoxy) is 2. The van der Waals surface area contributed by atoms with E-state index in [1.165, 1.54) is 14.7 Å². The topological polar surface area (TPSA) is 120 Å². The summed E-state index contributed by atoms with van der Waals surface area (Å²) in [6, 6.07) is 7.23. The Morgan fingerprint density at radius 3 is 2.33 bits per heavy atom. The van der Waals surface area contributed by atoms with Gasteiger partial charge >= 0.3 is 18.2 Å². The molecule has 2 fully saturated rings. The minimum absolute atomic E-state index is 0.0306. The molecule has 1 N–H and O–H groups in total. The fraction of sp³-hybridized carbons (Fsp3) is 0.655. The monoisotopic (exact) mass is 560 g/mol. The molecule has 0 saturated carbocycles. The van der Waals surface area contributed by atoms with E-state index in [9.17, 15) is 24.3 Å². The van der Waals surface area contributed by atoms with Gasteiger partial charge < -0.3 is 29.3 Å². The smallest absolute Gasteiger partial charge is 0.410 e. The van der Waals surface area contributed by atoms with Crippen LogP contribution in [0.4, 0.5) is 9.59 Å². The highest BCUT2D eigenvalue weighted by molar-refractivity contribution is 5.90. The van der Waals surface area contributed by atoms with Gasteiger partial charge in [-0.15, -0.1) is 0 Å². The second kappa shape index (κ2) is 13.8. The lowest BCUT2D eigenvalue weighted by Crippen LogP contribution is -2.65. The lowest BCUT2D eigenvalue weighted by molar-refractivity contribution is -0.157. The number of rotatable bonds is 8. The van der Waals surface area contributed by atoms with E-state index >= 15 is 0 Å². The highest BCUT2D eigenvalue weighted by Gasteiger charge is 2.46. The molecule has 40 heavy (non-hydrogen) atoms. The van der Waals surface area contributed by atoms with E-state index < -0.39 is 41.7 Å². The molecule has 3 amide bonds. The predicted octanol–water partition coefficient (Wildman–Crippen LogP) is 3.28. The fourth-order valence-corrected chi connectivity index (χ4v) is 5.31. The van der Waals surface area contributed by atoms with Crippen molar-refractivity contribution in [2.24, 2.45) is 5.92 Å². The quantitative estimate of drug-likeness (QED) is 0.515. The van der Waals surface area contributed by atoms with E-state index in [2.05, 4.69) is 4.90 Å². The van der Waals surface area contributed by atoms with Crippen molar-refractivity contribution in [3.8, 4) is 0 Å². The van der Waals surface area contributed by atoms with Gasteiger partial charge in [-0.05, 0) is 78.6 Å². The predicted molar refractivity (Wildman–Crippen MR) is 149 cm³/mol. The van der Waals surface area contributed by atoms with Crippen LogP contribution in [0.5, 0.6) is 0 Å². The van der Waals surface area contributed by atoms with Gasteiger partial charge in [0.2, 0.25) is 5.91 Å². The standard InChI is InChI=1S/C29H44N4O7/c1-29(2,3)40-27(37)31-17-18-32(23(19-31)26(35)36)25(34)24-22(13-9-15-30(4)5)14-10-16-33(24)28(38)39-20-21-11-7-6-8-12-21/h6-8,11-12,22-24H,9-10,13-20H2,1-5H3,(H,35,36)/t22-,23?,24+/m0/s1. The zero-order valence-electron chi connectivity index (χ0n) is 24.4. The first kappa shape index (κ1) is 31.2. The first-order chi connectivity index (χ1) is 18.9. The lowest BCUT2D eigenvalue weighted by Gasteiger charge is -2.45. The van der Waals surface area contributed by atoms with Gasteiger partial charge in [0.25, 0.3) is 0 Å². The number of carboxylic acids is 1. The zero-order valence-corrected chi connectivity index (χ0v) is 24.4. The Balaban J connectivity index is 1.81. The number of piperazine rings is 1. The number of piperidine rings is 1. The molecule has 2 aliphatic rings. The number of aliphatic carboxylic acids is 1. The molecule has 0 radical (unpaired) electrons. The minimum Gasteiger partial charge on any atom is -0.480 e. The third kappa shape index (κ3) is 8.58. The molecule has 1 unspecified atom stereocenters. The van der Waals surface area contributed by atoms with Gasteiger partial charge in [0.05, 0.1) is 6.54 Å². The number of carbonyl (C=O) groups is 4. The molecule has 0 bridgehead atoms. The van der Waals surface area contributed by atoms with Crippen LogP contribution in [0.25, 0.3) is 0 Å². The summed E-state index contributed by atoms with van der Waals surface area (Å²) in [4.78, 5) is 58.6. The zero-order chi connectivity index (χ0) is 29.4. The van der Waals surface area contributed by atoms with E-state index in [4.69, 9.17) is 9.47 Å². The number of amides is 3. The van der Waals surface area contributed by atoms with E-state index in [1.54, 1.807) is 20.8 Å². The molecule has 11 nitrogen and oxygen atoms in total. The molecular formula is C29H44N4O7. The van der Waals surface area contributed by atoms with Crippen molar-refractivity contribution in [1.82, 2.24) is 19.6 Å². The number of hydrogen-bond donors (Lipinski definition) is 1. The Morgan fingerprint density at radius 1 is 1.00 bits per heavy atom. The van der Waals surface area contributed by atoms with E-state index in [1.807, 2.05) is 44.4 Å². The molecule has 0 aromatic heterocycles. The van der Waals surface area contributed by atoms with Gasteiger partial charge in [-0.1, -0.05) is 30.3 Å². The van der Waals surface area contributed by atoms with Crippen molar-refractivity contribution in [3.63, 3.8) is 0 Å². The number of carboxylic acid groups (broad SMARTS) is 1. The minimum atomic E-state index is -1.25. The molecular weight excluding hydrogens is 516 g/mol. The van der Waals surface area contributed by atoms with Crippen LogP contribution in [-0.4, -0.2) is 113 Å². The van der Waals surface area contributed by atoms with Crippen molar-refractivity contribution >= 4 is 24.1 Å². The SMILES string of the molecule is CN(C)CCC[C@H]1CCCN(C(=O)OCc2ccccc2)[C@H]1C(=O)N1CCN(C(=O)OC(C)(C)C)CC1C(=O)O. The molecule has 1 aromatic rings. The first-order valence-electron chi connectivity index (χ1n) is 14.0. The largest absolute Gasteiger partial charge is 0.480 e. The maximum atomic E-state index is 14.1. The molecule has 3 atom stereocenters. The van der Waals surface area contributed by atoms with Crippen molar-refractivity contribution in [2.75, 3.05) is 46.8 Å². The molecule has 3 rings (SSSR count). The molecule has 1 aromatic carbocycles. The van der Waals surface area contributed by atoms with E-state index in [0.717, 1.165) is 31.4 Å². The van der Waals surface area contributed by atoms with Crippen molar-refractivity contribution in [2.45, 2.75) is 70.7 Å². The van der Waals surface area contributed by atoms with E-state index in [-0.39, 0.29) is 32.2 Å². The molecule has 0 spiro atoms. The number of likely N-dealkylation sites (tertiary alicyclic amines) is 1. The van der Waals surface area contributed by atoms with Crippen LogP contribution in [0.2, 0.25) is 0 Å².